The van der Waals surface area contributed by atoms with Crippen molar-refractivity contribution in [2.75, 3.05) is 6.61 Å². The van der Waals surface area contributed by atoms with E-state index in [9.17, 15) is 0 Å². The van der Waals surface area contributed by atoms with Crippen molar-refractivity contribution in [1.29, 1.82) is 0 Å². The summed E-state index contributed by atoms with van der Waals surface area (Å²) in [7, 11) is 0. The maximum absolute atomic E-state index is 6.02. The Morgan fingerprint density at radius 1 is 0.864 bits per heavy atom. The van der Waals surface area contributed by atoms with E-state index in [1.54, 1.807) is 0 Å². The fourth-order valence-electron chi connectivity index (χ4n) is 2.27. The summed E-state index contributed by atoms with van der Waals surface area (Å²) in [6.45, 7) is 0.332. The number of benzene rings is 3. The van der Waals surface area contributed by atoms with Gasteiger partial charge in [-0.15, -0.1) is 0 Å². The van der Waals surface area contributed by atoms with Gasteiger partial charge < -0.3 is 10.5 Å². The summed E-state index contributed by atoms with van der Waals surface area (Å²) in [4.78, 5) is 0. The van der Waals surface area contributed by atoms with E-state index in [0.717, 1.165) is 16.7 Å². The van der Waals surface area contributed by atoms with Crippen LogP contribution in [0.2, 0.25) is 0 Å². The quantitative estimate of drug-likeness (QED) is 0.741. The van der Waals surface area contributed by atoms with Gasteiger partial charge in [0.05, 0.1) is 6.04 Å². The second-order valence-electron chi connectivity index (χ2n) is 5.01. The second-order valence-corrected chi connectivity index (χ2v) is 5.01. The summed E-state index contributed by atoms with van der Waals surface area (Å²) < 4.78 is 5.67. The van der Waals surface area contributed by atoms with E-state index in [-0.39, 0.29) is 6.04 Å². The zero-order chi connectivity index (χ0) is 15.2. The number of hydrogen-bond acceptors (Lipinski definition) is 2. The van der Waals surface area contributed by atoms with Crippen LogP contribution in [-0.2, 0) is 0 Å². The van der Waals surface area contributed by atoms with E-state index in [0.29, 0.717) is 6.61 Å². The Morgan fingerprint density at radius 2 is 1.59 bits per heavy atom. The molecule has 0 aliphatic heterocycles. The molecule has 0 fully saturated rings. The Bertz CT molecular complexity index is 815. The first-order valence-corrected chi connectivity index (χ1v) is 7.23. The molecule has 0 spiro atoms. The van der Waals surface area contributed by atoms with Gasteiger partial charge in [0.1, 0.15) is 12.4 Å². The molecule has 22 heavy (non-hydrogen) atoms. The Morgan fingerprint density at radius 3 is 2.41 bits per heavy atom. The average Bonchev–Trinajstić information content (AvgIpc) is 2.59. The van der Waals surface area contributed by atoms with Crippen LogP contribution in [0.15, 0.2) is 72.8 Å². The summed E-state index contributed by atoms with van der Waals surface area (Å²) in [5, 5.41) is 2.36. The van der Waals surface area contributed by atoms with Crippen LogP contribution in [0.5, 0.6) is 5.75 Å². The molecular formula is C20H17NO. The van der Waals surface area contributed by atoms with Gasteiger partial charge in [-0.3, -0.25) is 0 Å². The molecule has 0 amide bonds. The minimum Gasteiger partial charge on any atom is -0.481 e. The number of fused-ring (bicyclic) bond motifs is 1. The predicted octanol–water partition coefficient (Wildman–Crippen LogP) is 3.92. The molecule has 1 atom stereocenters. The monoisotopic (exact) mass is 287 g/mol. The van der Waals surface area contributed by atoms with Crippen LogP contribution in [0.25, 0.3) is 10.8 Å². The normalized spacial score (nSPS) is 11.5. The standard InChI is InChI=1S/C20H17NO/c21-20(17-8-2-1-3-9-17)11-6-14-22-19-13-12-16-7-4-5-10-18(16)15-19/h1-5,7-10,12-13,15,20H,14,21H2. The molecule has 0 saturated heterocycles. The van der Waals surface area contributed by atoms with Crippen LogP contribution < -0.4 is 10.5 Å². The SMILES string of the molecule is NC(C#CCOc1ccc2ccccc2c1)c1ccccc1. The van der Waals surface area contributed by atoms with Crippen molar-refractivity contribution >= 4 is 10.8 Å². The zero-order valence-corrected chi connectivity index (χ0v) is 12.2. The number of ether oxygens (including phenoxy) is 1. The molecule has 0 aliphatic carbocycles. The van der Waals surface area contributed by atoms with Gasteiger partial charge in [0.25, 0.3) is 0 Å². The highest BCUT2D eigenvalue weighted by molar-refractivity contribution is 5.83. The molecule has 0 heterocycles. The molecule has 0 radical (unpaired) electrons. The van der Waals surface area contributed by atoms with Crippen LogP contribution in [0.3, 0.4) is 0 Å². The van der Waals surface area contributed by atoms with Gasteiger partial charge in [0.2, 0.25) is 0 Å². The smallest absolute Gasteiger partial charge is 0.149 e. The van der Waals surface area contributed by atoms with Crippen LogP contribution in [-0.4, -0.2) is 6.61 Å². The maximum atomic E-state index is 6.02. The van der Waals surface area contributed by atoms with E-state index >= 15 is 0 Å². The Hall–Kier alpha value is -2.76. The van der Waals surface area contributed by atoms with Gasteiger partial charge in [-0.05, 0) is 28.5 Å². The fourth-order valence-corrected chi connectivity index (χ4v) is 2.27. The van der Waals surface area contributed by atoms with E-state index in [1.165, 1.54) is 5.39 Å². The lowest BCUT2D eigenvalue weighted by Gasteiger charge is -2.05. The maximum Gasteiger partial charge on any atom is 0.149 e. The van der Waals surface area contributed by atoms with Gasteiger partial charge in [-0.1, -0.05) is 72.5 Å². The van der Waals surface area contributed by atoms with Gasteiger partial charge >= 0.3 is 0 Å². The second kappa shape index (κ2) is 6.80. The van der Waals surface area contributed by atoms with E-state index in [4.69, 9.17) is 10.5 Å². The largest absolute Gasteiger partial charge is 0.481 e. The third-order valence-corrected chi connectivity index (χ3v) is 3.45. The Balaban J connectivity index is 1.62. The molecule has 3 rings (SSSR count). The summed E-state index contributed by atoms with van der Waals surface area (Å²) >= 11 is 0. The van der Waals surface area contributed by atoms with Crippen molar-refractivity contribution in [2.45, 2.75) is 6.04 Å². The third kappa shape index (κ3) is 3.46. The molecule has 2 nitrogen and oxygen atoms in total. The lowest BCUT2D eigenvalue weighted by Crippen LogP contribution is -2.07. The summed E-state index contributed by atoms with van der Waals surface area (Å²) in [6.07, 6.45) is 0. The van der Waals surface area contributed by atoms with E-state index < -0.39 is 0 Å². The lowest BCUT2D eigenvalue weighted by atomic mass is 10.1. The van der Waals surface area contributed by atoms with Gasteiger partial charge in [0.15, 0.2) is 0 Å². The molecule has 2 heteroatoms. The van der Waals surface area contributed by atoms with Gasteiger partial charge in [0, 0.05) is 0 Å². The highest BCUT2D eigenvalue weighted by Crippen LogP contribution is 2.20. The fraction of sp³-hybridized carbons (Fsp3) is 0.100. The molecule has 3 aromatic rings. The van der Waals surface area contributed by atoms with Gasteiger partial charge in [-0.2, -0.15) is 0 Å². The molecule has 0 saturated carbocycles. The lowest BCUT2D eigenvalue weighted by molar-refractivity contribution is 0.370. The van der Waals surface area contributed by atoms with Crippen molar-refractivity contribution in [3.05, 3.63) is 78.4 Å². The highest BCUT2D eigenvalue weighted by Gasteiger charge is 1.99. The van der Waals surface area contributed by atoms with Crippen molar-refractivity contribution < 1.29 is 4.74 Å². The van der Waals surface area contributed by atoms with E-state index in [2.05, 4.69) is 24.0 Å². The first-order chi connectivity index (χ1) is 10.8. The first kappa shape index (κ1) is 14.2. The summed E-state index contributed by atoms with van der Waals surface area (Å²) in [6, 6.07) is 23.8. The predicted molar refractivity (Wildman–Crippen MR) is 90.6 cm³/mol. The average molecular weight is 287 g/mol. The number of hydrogen-bond donors (Lipinski definition) is 1. The molecule has 0 aliphatic rings. The first-order valence-electron chi connectivity index (χ1n) is 7.23. The molecular weight excluding hydrogens is 270 g/mol. The number of nitrogens with two attached hydrogens (primary N) is 1. The molecule has 3 aromatic carbocycles. The van der Waals surface area contributed by atoms with Crippen molar-refractivity contribution in [3.8, 4) is 17.6 Å². The van der Waals surface area contributed by atoms with Crippen LogP contribution in [0.4, 0.5) is 0 Å². The molecule has 0 bridgehead atoms. The topological polar surface area (TPSA) is 35.2 Å². The minimum absolute atomic E-state index is 0.276. The van der Waals surface area contributed by atoms with Crippen LogP contribution in [0, 0.1) is 11.8 Å². The third-order valence-electron chi connectivity index (χ3n) is 3.45. The van der Waals surface area contributed by atoms with Crippen molar-refractivity contribution in [1.82, 2.24) is 0 Å². The van der Waals surface area contributed by atoms with Crippen LogP contribution in [0.1, 0.15) is 11.6 Å². The minimum atomic E-state index is -0.276. The van der Waals surface area contributed by atoms with Gasteiger partial charge in [-0.25, -0.2) is 0 Å². The zero-order valence-electron chi connectivity index (χ0n) is 12.2. The van der Waals surface area contributed by atoms with E-state index in [1.807, 2.05) is 60.7 Å². The molecule has 0 aromatic heterocycles. The Labute approximate surface area is 130 Å². The van der Waals surface area contributed by atoms with Crippen molar-refractivity contribution in [3.63, 3.8) is 0 Å². The van der Waals surface area contributed by atoms with Crippen molar-refractivity contribution in [2.24, 2.45) is 5.73 Å². The molecule has 2 N–H and O–H groups in total. The van der Waals surface area contributed by atoms with Crippen LogP contribution >= 0.6 is 0 Å². The highest BCUT2D eigenvalue weighted by atomic mass is 16.5. The molecule has 1 unspecified atom stereocenters. The summed E-state index contributed by atoms with van der Waals surface area (Å²) in [5.74, 6) is 6.81. The summed E-state index contributed by atoms with van der Waals surface area (Å²) in [5.41, 5.74) is 7.03. The number of rotatable bonds is 3. The Kier molecular flexibility index (Phi) is 4.38. The molecule has 108 valence electrons.